The van der Waals surface area contributed by atoms with Gasteiger partial charge in [0.25, 0.3) is 5.56 Å². The van der Waals surface area contributed by atoms with Crippen molar-refractivity contribution < 1.29 is 67.1 Å². The van der Waals surface area contributed by atoms with Gasteiger partial charge >= 0.3 is 24.0 Å². The molecule has 4 atom stereocenters. The highest BCUT2D eigenvalue weighted by Crippen LogP contribution is 2.42. The van der Waals surface area contributed by atoms with Crippen molar-refractivity contribution in [2.75, 3.05) is 52.7 Å². The number of likely N-dealkylation sites (tertiary alicyclic amines) is 1. The molecule has 3 aliphatic rings. The Morgan fingerprint density at radius 2 is 1.63 bits per heavy atom. The Balaban J connectivity index is 1.04. The zero-order chi connectivity index (χ0) is 51.6. The predicted octanol–water partition coefficient (Wildman–Crippen LogP) is 3.25. The zero-order valence-corrected chi connectivity index (χ0v) is 41.5. The second kappa shape index (κ2) is 23.6. The summed E-state index contributed by atoms with van der Waals surface area (Å²) in [4.78, 5) is 113. The van der Waals surface area contributed by atoms with E-state index in [0.29, 0.717) is 24.2 Å². The lowest BCUT2D eigenvalue weighted by Crippen LogP contribution is -2.57. The quantitative estimate of drug-likeness (QED) is 0.0472. The topological polar surface area (TPSA) is 269 Å². The highest BCUT2D eigenvalue weighted by molar-refractivity contribution is 5.96. The van der Waals surface area contributed by atoms with Crippen LogP contribution in [-0.2, 0) is 82.4 Å². The third kappa shape index (κ3) is 12.7. The van der Waals surface area contributed by atoms with E-state index in [1.165, 1.54) is 4.90 Å². The van der Waals surface area contributed by atoms with Crippen molar-refractivity contribution in [2.24, 2.45) is 5.92 Å². The summed E-state index contributed by atoms with van der Waals surface area (Å²) in [6.45, 7) is 13.6. The van der Waals surface area contributed by atoms with Gasteiger partial charge in [-0.25, -0.2) is 19.4 Å². The number of nitrogens with one attached hydrogen (secondary N) is 3. The molecule has 6 rings (SSSR count). The van der Waals surface area contributed by atoms with E-state index >= 15 is 0 Å². The number of fused-ring (bicyclic) bond motifs is 5. The first-order valence-corrected chi connectivity index (χ1v) is 24.2. The Bertz CT molecular complexity index is 2550. The van der Waals surface area contributed by atoms with E-state index in [0.717, 1.165) is 22.0 Å². The van der Waals surface area contributed by atoms with E-state index in [2.05, 4.69) is 16.0 Å². The van der Waals surface area contributed by atoms with Crippen LogP contribution in [0.5, 0.6) is 0 Å². The number of pyridine rings is 2. The van der Waals surface area contributed by atoms with Gasteiger partial charge in [-0.1, -0.05) is 45.9 Å². The molecule has 1 fully saturated rings. The van der Waals surface area contributed by atoms with Crippen molar-refractivity contribution in [1.82, 2.24) is 30.4 Å². The van der Waals surface area contributed by atoms with Crippen molar-refractivity contribution in [3.63, 3.8) is 0 Å². The summed E-state index contributed by atoms with van der Waals surface area (Å²) >= 11 is 0. The van der Waals surface area contributed by atoms with Crippen LogP contribution in [0.2, 0.25) is 0 Å². The van der Waals surface area contributed by atoms with Crippen LogP contribution in [0.4, 0.5) is 4.79 Å². The largest absolute Gasteiger partial charge is 0.481 e. The Hall–Kier alpha value is -6.45. The van der Waals surface area contributed by atoms with Crippen molar-refractivity contribution in [3.05, 3.63) is 62.9 Å². The second-order valence-electron chi connectivity index (χ2n) is 18.9. The van der Waals surface area contributed by atoms with E-state index in [-0.39, 0.29) is 96.3 Å². The van der Waals surface area contributed by atoms with E-state index < -0.39 is 88.9 Å². The number of cyclic esters (lactones) is 1. The van der Waals surface area contributed by atoms with Gasteiger partial charge in [-0.2, -0.15) is 0 Å². The number of benzene rings is 1. The van der Waals surface area contributed by atoms with Gasteiger partial charge < -0.3 is 58.9 Å². The number of amides is 4. The zero-order valence-electron chi connectivity index (χ0n) is 41.5. The van der Waals surface area contributed by atoms with Gasteiger partial charge in [0.2, 0.25) is 23.3 Å². The number of carbonyl (C=O) groups excluding carboxylic acids is 6. The van der Waals surface area contributed by atoms with Gasteiger partial charge in [0.1, 0.15) is 30.3 Å². The minimum atomic E-state index is -2.05. The lowest BCUT2D eigenvalue weighted by Gasteiger charge is -2.37. The van der Waals surface area contributed by atoms with Crippen molar-refractivity contribution in [3.8, 4) is 11.4 Å². The Morgan fingerprint density at radius 3 is 2.30 bits per heavy atom. The third-order valence-corrected chi connectivity index (χ3v) is 12.5. The summed E-state index contributed by atoms with van der Waals surface area (Å²) in [6, 6.07) is 5.41. The molecule has 71 heavy (non-hydrogen) atoms. The molecule has 2 aromatic heterocycles. The fourth-order valence-electron chi connectivity index (χ4n) is 9.05. The molecule has 21 nitrogen and oxygen atoms in total. The molecule has 0 radical (unpaired) electrons. The molecule has 0 spiro atoms. The Kier molecular flexibility index (Phi) is 17.9. The molecule has 3 aromatic rings. The summed E-state index contributed by atoms with van der Waals surface area (Å²) in [5.74, 6) is -5.97. The molecule has 0 unspecified atom stereocenters. The van der Waals surface area contributed by atoms with Crippen LogP contribution in [0.15, 0.2) is 35.1 Å². The average Bonchev–Trinajstić information content (AvgIpc) is 3.96. The number of alkyl carbamates (subject to hydrolysis) is 1. The molecule has 4 amide bonds. The number of ether oxygens (including phenoxy) is 6. The molecular formula is C50H66N6O15. The summed E-state index contributed by atoms with van der Waals surface area (Å²) in [7, 11) is 0. The fraction of sp³-hybridized carbons (Fsp3) is 0.580. The number of hydrogen-bond acceptors (Lipinski definition) is 15. The Labute approximate surface area is 411 Å². The highest BCUT2D eigenvalue weighted by Gasteiger charge is 2.52. The summed E-state index contributed by atoms with van der Waals surface area (Å²) in [6.07, 6.45) is -0.364. The first-order chi connectivity index (χ1) is 33.8. The first-order valence-electron chi connectivity index (χ1n) is 24.2. The van der Waals surface area contributed by atoms with Gasteiger partial charge in [-0.3, -0.25) is 24.0 Å². The first kappa shape index (κ1) is 53.9. The lowest BCUT2D eigenvalue weighted by molar-refractivity contribution is -0.191. The smallest absolute Gasteiger partial charge is 0.407 e. The maximum atomic E-state index is 14.3. The highest BCUT2D eigenvalue weighted by atomic mass is 16.6. The minimum absolute atomic E-state index is 0.0539. The van der Waals surface area contributed by atoms with E-state index in [4.69, 9.17) is 33.4 Å². The number of rotatable bonds is 23. The van der Waals surface area contributed by atoms with Gasteiger partial charge in [0, 0.05) is 36.0 Å². The fourth-order valence-corrected chi connectivity index (χ4v) is 9.05. The molecular weight excluding hydrogens is 925 g/mol. The number of carbonyl (C=O) groups is 7. The minimum Gasteiger partial charge on any atom is -0.481 e. The normalized spacial score (nSPS) is 17.9. The molecule has 1 saturated heterocycles. The average molecular weight is 991 g/mol. The van der Waals surface area contributed by atoms with Gasteiger partial charge in [-0.15, -0.1) is 0 Å². The third-order valence-electron chi connectivity index (χ3n) is 12.5. The monoisotopic (exact) mass is 990 g/mol. The van der Waals surface area contributed by atoms with Gasteiger partial charge in [0.15, 0.2) is 0 Å². The number of esters is 2. The number of carboxylic acids is 1. The molecule has 21 heteroatoms. The number of para-hydroxylation sites is 1. The number of aliphatic carboxylic acids is 1. The maximum absolute atomic E-state index is 14.3. The van der Waals surface area contributed by atoms with Crippen molar-refractivity contribution in [2.45, 2.75) is 129 Å². The van der Waals surface area contributed by atoms with Gasteiger partial charge in [0.05, 0.1) is 75.1 Å². The number of hydrogen-bond donors (Lipinski definition) is 4. The van der Waals surface area contributed by atoms with Crippen LogP contribution in [0.25, 0.3) is 22.3 Å². The summed E-state index contributed by atoms with van der Waals surface area (Å²) in [5, 5.41) is 18.4. The molecule has 0 bridgehead atoms. The Morgan fingerprint density at radius 1 is 0.944 bits per heavy atom. The van der Waals surface area contributed by atoms with Crippen LogP contribution in [-0.4, -0.2) is 138 Å². The van der Waals surface area contributed by atoms with E-state index in [1.807, 2.05) is 31.2 Å². The van der Waals surface area contributed by atoms with Crippen LogP contribution in [0.3, 0.4) is 0 Å². The van der Waals surface area contributed by atoms with Gasteiger partial charge in [-0.05, 0) is 70.1 Å². The molecule has 386 valence electrons. The molecule has 3 aliphatic heterocycles. The van der Waals surface area contributed by atoms with Crippen LogP contribution < -0.4 is 21.5 Å². The maximum Gasteiger partial charge on any atom is 0.407 e. The van der Waals surface area contributed by atoms with E-state index in [1.54, 1.807) is 52.2 Å². The number of carboxylic acid groups (broad SMARTS) is 1. The number of aryl methyl sites for hydroxylation is 1. The predicted molar refractivity (Wildman–Crippen MR) is 255 cm³/mol. The van der Waals surface area contributed by atoms with E-state index in [9.17, 15) is 43.5 Å². The summed E-state index contributed by atoms with van der Waals surface area (Å²) < 4.78 is 34.8. The number of aromatic nitrogens is 2. The number of nitrogens with zero attached hydrogens (tertiary/aromatic N) is 3. The standard InChI is InChI=1S/C50H66N6O15/c1-8-30-31-13-10-11-14-35(31)53-42-32(30)27-56-38(42)25-34-33(44(56)61)28-69-47(64)50(34,9-2)70-46(63)41(29(3)4)54-43(60)37-15-12-18-55(37)45(62)36(26-40(58)59)52-39(57)16-19-66-21-23-68-24-22-67-20-17-51-48(65)71-49(5,6)7/h10-11,13-14,25,29,36-37,41H,8-9,12,15-24,26-28H2,1-7H3,(H,51,65)(H,52,57)(H,54,60)(H,58,59)/t36-,37-,41-,50-/m0/s1. The summed E-state index contributed by atoms with van der Waals surface area (Å²) in [5.41, 5.74) is 1.04. The second-order valence-corrected chi connectivity index (χ2v) is 18.9. The van der Waals surface area contributed by atoms with Crippen LogP contribution in [0.1, 0.15) is 103 Å². The lowest BCUT2D eigenvalue weighted by atomic mass is 9.85. The molecule has 5 heterocycles. The molecule has 0 aliphatic carbocycles. The van der Waals surface area contributed by atoms with Crippen molar-refractivity contribution >= 4 is 52.6 Å². The van der Waals surface area contributed by atoms with Crippen molar-refractivity contribution in [1.29, 1.82) is 0 Å². The van der Waals surface area contributed by atoms with Crippen LogP contribution in [0, 0.1) is 5.92 Å². The molecule has 1 aromatic carbocycles. The van der Waals surface area contributed by atoms with Crippen LogP contribution >= 0.6 is 0 Å². The SMILES string of the molecule is CCc1c2c(nc3ccccc13)-c1cc3c(c(=O)n1C2)COC(=O)[C@@]3(CC)OC(=O)[C@@H](NC(=O)[C@@H]1CCCN1C(=O)[C@H](CC(=O)O)NC(=O)CCOCCOCCOCCNC(=O)OC(C)(C)C)C(C)C. The molecule has 0 saturated carbocycles. The molecule has 4 N–H and O–H groups in total.